The number of aromatic nitrogens is 2. The second kappa shape index (κ2) is 6.13. The first-order valence-corrected chi connectivity index (χ1v) is 8.07. The summed E-state index contributed by atoms with van der Waals surface area (Å²) in [6.45, 7) is 0.618. The molecule has 0 radical (unpaired) electrons. The van der Waals surface area contributed by atoms with Gasteiger partial charge in [-0.1, -0.05) is 18.2 Å². The Balaban J connectivity index is 1.48. The Labute approximate surface area is 139 Å². The summed E-state index contributed by atoms with van der Waals surface area (Å²) in [5.74, 6) is -0.101. The molecular formula is C18H19N3O3. The molecule has 2 unspecified atom stereocenters. The fraction of sp³-hybridized carbons (Fsp3) is 0.333. The summed E-state index contributed by atoms with van der Waals surface area (Å²) in [6.07, 6.45) is 6.60. The van der Waals surface area contributed by atoms with Crippen LogP contribution in [0.25, 0.3) is 11.0 Å². The number of hydrogen-bond acceptors (Lipinski definition) is 4. The van der Waals surface area contributed by atoms with Crippen LogP contribution in [0, 0.1) is 0 Å². The third kappa shape index (κ3) is 2.69. The Kier molecular flexibility index (Phi) is 3.82. The number of nitrogens with one attached hydrogen (secondary N) is 1. The molecule has 0 bridgehead atoms. The molecule has 1 amide bonds. The summed E-state index contributed by atoms with van der Waals surface area (Å²) >= 11 is 0. The predicted octanol–water partition coefficient (Wildman–Crippen LogP) is 2.82. The zero-order valence-electron chi connectivity index (χ0n) is 13.4. The maximum absolute atomic E-state index is 12.6. The third-order valence-electron chi connectivity index (χ3n) is 4.53. The molecule has 3 aromatic rings. The van der Waals surface area contributed by atoms with Gasteiger partial charge in [0, 0.05) is 25.1 Å². The maximum atomic E-state index is 12.6. The number of hydrogen-bond donors (Lipinski definition) is 1. The van der Waals surface area contributed by atoms with Crippen LogP contribution in [0.15, 0.2) is 47.5 Å². The molecule has 6 nitrogen and oxygen atoms in total. The number of fused-ring (bicyclic) bond motifs is 1. The van der Waals surface area contributed by atoms with Gasteiger partial charge < -0.3 is 19.0 Å². The van der Waals surface area contributed by atoms with Gasteiger partial charge in [0.15, 0.2) is 0 Å². The van der Waals surface area contributed by atoms with Crippen LogP contribution in [0.4, 0.5) is 0 Å². The van der Waals surface area contributed by atoms with Crippen molar-refractivity contribution in [3.05, 3.63) is 54.3 Å². The molecule has 24 heavy (non-hydrogen) atoms. The second-order valence-electron chi connectivity index (χ2n) is 6.13. The van der Waals surface area contributed by atoms with E-state index >= 15 is 0 Å². The highest BCUT2D eigenvalue weighted by molar-refractivity contribution is 6.05. The molecule has 6 heteroatoms. The highest BCUT2D eigenvalue weighted by atomic mass is 16.5. The topological polar surface area (TPSA) is 69.3 Å². The van der Waals surface area contributed by atoms with E-state index in [-0.39, 0.29) is 18.1 Å². The number of ether oxygens (including phenoxy) is 1. The minimum atomic E-state index is -0.101. The van der Waals surface area contributed by atoms with Gasteiger partial charge in [-0.2, -0.15) is 0 Å². The quantitative estimate of drug-likeness (QED) is 0.804. The van der Waals surface area contributed by atoms with Crippen molar-refractivity contribution >= 4 is 16.9 Å². The van der Waals surface area contributed by atoms with Gasteiger partial charge >= 0.3 is 0 Å². The largest absolute Gasteiger partial charge is 0.463 e. The number of nitrogens with zero attached hydrogens (tertiary/aromatic N) is 2. The molecule has 0 spiro atoms. The summed E-state index contributed by atoms with van der Waals surface area (Å²) in [7, 11) is 1.95. The molecule has 2 aromatic heterocycles. The second-order valence-corrected chi connectivity index (χ2v) is 6.13. The molecule has 1 aromatic carbocycles. The van der Waals surface area contributed by atoms with Crippen molar-refractivity contribution in [1.29, 1.82) is 0 Å². The van der Waals surface area contributed by atoms with E-state index in [1.54, 1.807) is 6.33 Å². The molecule has 1 N–H and O–H groups in total. The van der Waals surface area contributed by atoms with Crippen LogP contribution in [0.3, 0.4) is 0 Å². The molecule has 1 aliphatic rings. The van der Waals surface area contributed by atoms with Crippen LogP contribution < -0.4 is 5.32 Å². The number of benzene rings is 1. The first kappa shape index (κ1) is 15.0. The van der Waals surface area contributed by atoms with Crippen molar-refractivity contribution in [3.8, 4) is 0 Å². The molecule has 1 fully saturated rings. The lowest BCUT2D eigenvalue weighted by Crippen LogP contribution is -2.40. The lowest BCUT2D eigenvalue weighted by molar-refractivity contribution is -0.00300. The van der Waals surface area contributed by atoms with Crippen LogP contribution in [-0.4, -0.2) is 28.1 Å². The Morgan fingerprint density at radius 2 is 2.25 bits per heavy atom. The molecule has 1 saturated heterocycles. The van der Waals surface area contributed by atoms with Gasteiger partial charge in [0.05, 0.1) is 23.8 Å². The summed E-state index contributed by atoms with van der Waals surface area (Å²) in [5, 5.41) is 3.95. The van der Waals surface area contributed by atoms with Crippen LogP contribution in [-0.2, 0) is 11.8 Å². The monoisotopic (exact) mass is 325 g/mol. The average molecular weight is 325 g/mol. The van der Waals surface area contributed by atoms with Gasteiger partial charge in [0.1, 0.15) is 18.0 Å². The van der Waals surface area contributed by atoms with Crippen molar-refractivity contribution in [2.45, 2.75) is 25.0 Å². The minimum absolute atomic E-state index is 0.0438. The van der Waals surface area contributed by atoms with Crippen molar-refractivity contribution in [3.63, 3.8) is 0 Å². The number of imidazole rings is 1. The highest BCUT2D eigenvalue weighted by Crippen LogP contribution is 2.28. The Hall–Kier alpha value is -2.60. The predicted molar refractivity (Wildman–Crippen MR) is 88.6 cm³/mol. The van der Waals surface area contributed by atoms with E-state index in [4.69, 9.17) is 9.15 Å². The standard InChI is InChI=1S/C18H19N3O3/c1-21-11-19-9-15(21)17-8-12(6-7-23-17)20-18(22)14-10-24-16-5-3-2-4-13(14)16/h2-5,9-12,17H,6-8H2,1H3,(H,20,22). The zero-order chi connectivity index (χ0) is 16.5. The van der Waals surface area contributed by atoms with Crippen LogP contribution >= 0.6 is 0 Å². The molecule has 0 saturated carbocycles. The van der Waals surface area contributed by atoms with Gasteiger partial charge in [-0.05, 0) is 18.9 Å². The van der Waals surface area contributed by atoms with E-state index in [9.17, 15) is 4.79 Å². The number of para-hydroxylation sites is 1. The lowest BCUT2D eigenvalue weighted by Gasteiger charge is -2.30. The number of rotatable bonds is 3. The normalized spacial score (nSPS) is 21.0. The van der Waals surface area contributed by atoms with Crippen molar-refractivity contribution in [2.75, 3.05) is 6.61 Å². The molecule has 3 heterocycles. The molecule has 4 rings (SSSR count). The lowest BCUT2D eigenvalue weighted by atomic mass is 10.0. The number of aryl methyl sites for hydroxylation is 1. The molecular weight excluding hydrogens is 306 g/mol. The van der Waals surface area contributed by atoms with Crippen LogP contribution in [0.5, 0.6) is 0 Å². The number of carbonyl (C=O) groups is 1. The van der Waals surface area contributed by atoms with Gasteiger partial charge in [-0.3, -0.25) is 4.79 Å². The van der Waals surface area contributed by atoms with Gasteiger partial charge in [-0.25, -0.2) is 4.98 Å². The smallest absolute Gasteiger partial charge is 0.255 e. The fourth-order valence-corrected chi connectivity index (χ4v) is 3.23. The van der Waals surface area contributed by atoms with E-state index in [0.29, 0.717) is 12.2 Å². The zero-order valence-corrected chi connectivity index (χ0v) is 13.4. The van der Waals surface area contributed by atoms with Crippen molar-refractivity contribution in [2.24, 2.45) is 7.05 Å². The van der Waals surface area contributed by atoms with E-state index in [0.717, 1.165) is 29.5 Å². The Morgan fingerprint density at radius 3 is 3.08 bits per heavy atom. The molecule has 1 aliphatic heterocycles. The van der Waals surface area contributed by atoms with Gasteiger partial charge in [0.25, 0.3) is 5.91 Å². The van der Waals surface area contributed by atoms with E-state index < -0.39 is 0 Å². The van der Waals surface area contributed by atoms with Gasteiger partial charge in [-0.15, -0.1) is 0 Å². The molecule has 2 atom stereocenters. The van der Waals surface area contributed by atoms with E-state index in [1.165, 1.54) is 6.26 Å². The number of furan rings is 1. The van der Waals surface area contributed by atoms with Crippen LogP contribution in [0.2, 0.25) is 0 Å². The maximum Gasteiger partial charge on any atom is 0.255 e. The third-order valence-corrected chi connectivity index (χ3v) is 4.53. The fourth-order valence-electron chi connectivity index (χ4n) is 3.23. The minimum Gasteiger partial charge on any atom is -0.463 e. The number of amides is 1. The Morgan fingerprint density at radius 1 is 1.38 bits per heavy atom. The first-order valence-electron chi connectivity index (χ1n) is 8.07. The average Bonchev–Trinajstić information content (AvgIpc) is 3.21. The van der Waals surface area contributed by atoms with E-state index in [1.807, 2.05) is 42.1 Å². The Bertz CT molecular complexity index is 867. The van der Waals surface area contributed by atoms with E-state index in [2.05, 4.69) is 10.3 Å². The molecule has 124 valence electrons. The SMILES string of the molecule is Cn1cncc1C1CC(NC(=O)c2coc3ccccc23)CCO1. The molecule has 0 aliphatic carbocycles. The summed E-state index contributed by atoms with van der Waals surface area (Å²) in [6, 6.07) is 7.63. The van der Waals surface area contributed by atoms with Crippen molar-refractivity contribution in [1.82, 2.24) is 14.9 Å². The summed E-state index contributed by atoms with van der Waals surface area (Å²) in [4.78, 5) is 16.8. The van der Waals surface area contributed by atoms with Crippen molar-refractivity contribution < 1.29 is 13.9 Å². The summed E-state index contributed by atoms with van der Waals surface area (Å²) in [5.41, 5.74) is 2.33. The van der Waals surface area contributed by atoms with Gasteiger partial charge in [0.2, 0.25) is 0 Å². The number of carbonyl (C=O) groups excluding carboxylic acids is 1. The first-order chi connectivity index (χ1) is 11.7. The highest BCUT2D eigenvalue weighted by Gasteiger charge is 2.27. The summed E-state index contributed by atoms with van der Waals surface area (Å²) < 4.78 is 13.3. The van der Waals surface area contributed by atoms with Crippen LogP contribution in [0.1, 0.15) is 35.0 Å².